The summed E-state index contributed by atoms with van der Waals surface area (Å²) in [6.07, 6.45) is 1.06. The summed E-state index contributed by atoms with van der Waals surface area (Å²) < 4.78 is 3.32. The summed E-state index contributed by atoms with van der Waals surface area (Å²) >= 11 is 3.46. The zero-order valence-electron chi connectivity index (χ0n) is 9.70. The van der Waals surface area contributed by atoms with Gasteiger partial charge in [-0.15, -0.1) is 0 Å². The third-order valence-corrected chi connectivity index (χ3v) is 3.76. The number of benzene rings is 1. The van der Waals surface area contributed by atoms with Crippen LogP contribution >= 0.6 is 15.9 Å². The molecule has 0 saturated carbocycles. The molecule has 0 atom stereocenters. The highest BCUT2D eigenvalue weighted by atomic mass is 79.9. The Labute approximate surface area is 109 Å². The molecule has 1 aromatic carbocycles. The van der Waals surface area contributed by atoms with E-state index >= 15 is 0 Å². The molecule has 0 fully saturated rings. The molecule has 0 aliphatic carbocycles. The molecular weight excluding hydrogens is 278 g/mol. The Morgan fingerprint density at radius 1 is 1.29 bits per heavy atom. The van der Waals surface area contributed by atoms with Gasteiger partial charge in [-0.1, -0.05) is 28.1 Å². The zero-order chi connectivity index (χ0) is 11.8. The van der Waals surface area contributed by atoms with Gasteiger partial charge in [0.1, 0.15) is 5.82 Å². The standard InChI is InChI=1S/C13H14BrN3/c1-17-12-6-7-15-8-11(12)16-13(17)9-2-4-10(14)5-3-9/h2-5,15H,6-8H2,1H3. The predicted molar refractivity (Wildman–Crippen MR) is 71.8 cm³/mol. The Morgan fingerprint density at radius 3 is 2.76 bits per heavy atom. The molecule has 1 aliphatic heterocycles. The van der Waals surface area contributed by atoms with Crippen molar-refractivity contribution in [2.45, 2.75) is 13.0 Å². The Hall–Kier alpha value is -1.13. The van der Waals surface area contributed by atoms with Crippen LogP contribution in [-0.4, -0.2) is 16.1 Å². The summed E-state index contributed by atoms with van der Waals surface area (Å²) in [4.78, 5) is 4.74. The van der Waals surface area contributed by atoms with E-state index in [2.05, 4.69) is 57.1 Å². The SMILES string of the molecule is Cn1c(-c2ccc(Br)cc2)nc2c1CCNC2. The molecule has 4 heteroatoms. The van der Waals surface area contributed by atoms with Crippen molar-refractivity contribution >= 4 is 15.9 Å². The van der Waals surface area contributed by atoms with Crippen LogP contribution in [0.2, 0.25) is 0 Å². The molecule has 2 heterocycles. The van der Waals surface area contributed by atoms with Crippen molar-refractivity contribution in [3.05, 3.63) is 40.1 Å². The molecule has 0 saturated heterocycles. The molecule has 0 amide bonds. The number of imidazole rings is 1. The van der Waals surface area contributed by atoms with E-state index in [0.29, 0.717) is 0 Å². The van der Waals surface area contributed by atoms with Crippen LogP contribution in [0.3, 0.4) is 0 Å². The van der Waals surface area contributed by atoms with Gasteiger partial charge >= 0.3 is 0 Å². The van der Waals surface area contributed by atoms with Gasteiger partial charge in [0.15, 0.2) is 0 Å². The first-order valence-electron chi connectivity index (χ1n) is 5.77. The first kappa shape index (κ1) is 11.0. The topological polar surface area (TPSA) is 29.9 Å². The number of rotatable bonds is 1. The van der Waals surface area contributed by atoms with Crippen LogP contribution < -0.4 is 5.32 Å². The molecule has 0 radical (unpaired) electrons. The highest BCUT2D eigenvalue weighted by molar-refractivity contribution is 9.10. The van der Waals surface area contributed by atoms with E-state index in [0.717, 1.165) is 29.8 Å². The summed E-state index contributed by atoms with van der Waals surface area (Å²) in [5.41, 5.74) is 3.73. The van der Waals surface area contributed by atoms with E-state index in [4.69, 9.17) is 4.98 Å². The van der Waals surface area contributed by atoms with Gasteiger partial charge in [-0.2, -0.15) is 0 Å². The fraction of sp³-hybridized carbons (Fsp3) is 0.308. The van der Waals surface area contributed by atoms with Crippen LogP contribution in [0.25, 0.3) is 11.4 Å². The monoisotopic (exact) mass is 291 g/mol. The molecule has 1 aromatic heterocycles. The van der Waals surface area contributed by atoms with Crippen LogP contribution in [0.15, 0.2) is 28.7 Å². The van der Waals surface area contributed by atoms with Crippen LogP contribution in [-0.2, 0) is 20.0 Å². The maximum Gasteiger partial charge on any atom is 0.140 e. The third-order valence-electron chi connectivity index (χ3n) is 3.23. The summed E-state index contributed by atoms with van der Waals surface area (Å²) in [5.74, 6) is 1.06. The second-order valence-corrected chi connectivity index (χ2v) is 5.24. The quantitative estimate of drug-likeness (QED) is 0.875. The second kappa shape index (κ2) is 4.27. The van der Waals surface area contributed by atoms with Gasteiger partial charge in [-0.25, -0.2) is 4.98 Å². The van der Waals surface area contributed by atoms with E-state index in [1.807, 2.05) is 0 Å². The van der Waals surface area contributed by atoms with E-state index in [1.165, 1.54) is 17.0 Å². The lowest BCUT2D eigenvalue weighted by Crippen LogP contribution is -2.24. The van der Waals surface area contributed by atoms with E-state index < -0.39 is 0 Å². The number of halogens is 1. The van der Waals surface area contributed by atoms with E-state index in [-0.39, 0.29) is 0 Å². The van der Waals surface area contributed by atoms with Crippen molar-refractivity contribution in [1.29, 1.82) is 0 Å². The number of hydrogen-bond donors (Lipinski definition) is 1. The number of aromatic nitrogens is 2. The second-order valence-electron chi connectivity index (χ2n) is 4.32. The van der Waals surface area contributed by atoms with Gasteiger partial charge < -0.3 is 9.88 Å². The Morgan fingerprint density at radius 2 is 2.06 bits per heavy atom. The van der Waals surface area contributed by atoms with E-state index in [9.17, 15) is 0 Å². The minimum absolute atomic E-state index is 0.889. The lowest BCUT2D eigenvalue weighted by Gasteiger charge is -2.12. The molecular formula is C13H14BrN3. The van der Waals surface area contributed by atoms with Crippen LogP contribution in [0.5, 0.6) is 0 Å². The summed E-state index contributed by atoms with van der Waals surface area (Å²) in [7, 11) is 2.11. The number of nitrogens with zero attached hydrogens (tertiary/aromatic N) is 2. The van der Waals surface area contributed by atoms with Gasteiger partial charge in [-0.3, -0.25) is 0 Å². The largest absolute Gasteiger partial charge is 0.331 e. The Kier molecular flexibility index (Phi) is 2.76. The molecule has 17 heavy (non-hydrogen) atoms. The predicted octanol–water partition coefficient (Wildman–Crippen LogP) is 2.50. The van der Waals surface area contributed by atoms with Gasteiger partial charge in [0, 0.05) is 42.3 Å². The van der Waals surface area contributed by atoms with Crippen molar-refractivity contribution in [2.75, 3.05) is 6.54 Å². The summed E-state index contributed by atoms with van der Waals surface area (Å²) in [6.45, 7) is 1.94. The highest BCUT2D eigenvalue weighted by Crippen LogP contribution is 2.24. The van der Waals surface area contributed by atoms with Crippen LogP contribution in [0.4, 0.5) is 0 Å². The molecule has 2 aromatic rings. The van der Waals surface area contributed by atoms with Crippen molar-refractivity contribution in [1.82, 2.24) is 14.9 Å². The van der Waals surface area contributed by atoms with Crippen LogP contribution in [0, 0.1) is 0 Å². The molecule has 3 rings (SSSR count). The first-order chi connectivity index (χ1) is 8.25. The maximum absolute atomic E-state index is 4.74. The third kappa shape index (κ3) is 1.91. The maximum atomic E-state index is 4.74. The fourth-order valence-electron chi connectivity index (χ4n) is 2.31. The first-order valence-corrected chi connectivity index (χ1v) is 6.56. The van der Waals surface area contributed by atoms with Crippen molar-refractivity contribution in [2.24, 2.45) is 7.05 Å². The average molecular weight is 292 g/mol. The highest BCUT2D eigenvalue weighted by Gasteiger charge is 2.18. The summed E-state index contributed by atoms with van der Waals surface area (Å²) in [5, 5.41) is 3.36. The van der Waals surface area contributed by atoms with Crippen molar-refractivity contribution < 1.29 is 0 Å². The van der Waals surface area contributed by atoms with E-state index in [1.54, 1.807) is 0 Å². The zero-order valence-corrected chi connectivity index (χ0v) is 11.3. The summed E-state index contributed by atoms with van der Waals surface area (Å²) in [6, 6.07) is 8.32. The Bertz CT molecular complexity index is 543. The molecule has 0 spiro atoms. The lowest BCUT2D eigenvalue weighted by atomic mass is 10.2. The molecule has 0 unspecified atom stereocenters. The molecule has 3 nitrogen and oxygen atoms in total. The normalized spacial score (nSPS) is 14.7. The molecule has 88 valence electrons. The van der Waals surface area contributed by atoms with Gasteiger partial charge in [-0.05, 0) is 12.1 Å². The number of hydrogen-bond acceptors (Lipinski definition) is 2. The molecule has 1 aliphatic rings. The van der Waals surface area contributed by atoms with Crippen molar-refractivity contribution in [3.63, 3.8) is 0 Å². The van der Waals surface area contributed by atoms with Gasteiger partial charge in [0.05, 0.1) is 5.69 Å². The number of nitrogens with one attached hydrogen (secondary N) is 1. The van der Waals surface area contributed by atoms with Crippen molar-refractivity contribution in [3.8, 4) is 11.4 Å². The average Bonchev–Trinajstić information content (AvgIpc) is 2.69. The molecule has 1 N–H and O–H groups in total. The number of fused-ring (bicyclic) bond motifs is 1. The van der Waals surface area contributed by atoms with Gasteiger partial charge in [0.2, 0.25) is 0 Å². The van der Waals surface area contributed by atoms with Gasteiger partial charge in [0.25, 0.3) is 0 Å². The molecule has 0 bridgehead atoms. The van der Waals surface area contributed by atoms with Crippen LogP contribution in [0.1, 0.15) is 11.4 Å². The minimum Gasteiger partial charge on any atom is -0.331 e. The minimum atomic E-state index is 0.889. The Balaban J connectivity index is 2.09. The lowest BCUT2D eigenvalue weighted by molar-refractivity contribution is 0.612. The fourth-order valence-corrected chi connectivity index (χ4v) is 2.58. The smallest absolute Gasteiger partial charge is 0.140 e.